The van der Waals surface area contributed by atoms with Gasteiger partial charge in [0.05, 0.1) is 6.07 Å². The zero-order chi connectivity index (χ0) is 18.1. The van der Waals surface area contributed by atoms with E-state index in [2.05, 4.69) is 10.6 Å². The van der Waals surface area contributed by atoms with E-state index in [0.29, 0.717) is 5.56 Å². The molecule has 1 aromatic rings. The number of hydrogen-bond acceptors (Lipinski definition) is 4. The van der Waals surface area contributed by atoms with Crippen molar-refractivity contribution in [3.8, 4) is 6.07 Å². The zero-order valence-electron chi connectivity index (χ0n) is 13.1. The molecule has 7 nitrogen and oxygen atoms in total. The second-order valence-corrected chi connectivity index (χ2v) is 5.18. The van der Waals surface area contributed by atoms with Gasteiger partial charge in [-0.2, -0.15) is 5.26 Å². The maximum absolute atomic E-state index is 13.2. The molecule has 0 saturated carbocycles. The number of aliphatic carboxylic acids is 1. The minimum Gasteiger partial charge on any atom is -0.480 e. The molecule has 0 bridgehead atoms. The first-order valence-electron chi connectivity index (χ1n) is 7.25. The molecule has 128 valence electrons. The quantitative estimate of drug-likeness (QED) is 0.647. The lowest BCUT2D eigenvalue weighted by atomic mass is 10.0. The summed E-state index contributed by atoms with van der Waals surface area (Å²) in [5.74, 6) is -2.94. The number of carboxylic acids is 1. The third-order valence-corrected chi connectivity index (χ3v) is 3.18. The minimum atomic E-state index is -1.27. The van der Waals surface area contributed by atoms with Crippen molar-refractivity contribution in [1.82, 2.24) is 10.6 Å². The van der Waals surface area contributed by atoms with Gasteiger partial charge in [-0.15, -0.1) is 0 Å². The monoisotopic (exact) mass is 335 g/mol. The van der Waals surface area contributed by atoms with Crippen LogP contribution >= 0.6 is 0 Å². The summed E-state index contributed by atoms with van der Waals surface area (Å²) < 4.78 is 13.2. The molecule has 24 heavy (non-hydrogen) atoms. The summed E-state index contributed by atoms with van der Waals surface area (Å²) >= 11 is 0. The minimum absolute atomic E-state index is 0.00770. The average molecular weight is 335 g/mol. The second-order valence-electron chi connectivity index (χ2n) is 5.18. The van der Waals surface area contributed by atoms with Crippen molar-refractivity contribution in [2.45, 2.75) is 38.3 Å². The van der Waals surface area contributed by atoms with Crippen molar-refractivity contribution in [1.29, 1.82) is 5.26 Å². The Labute approximate surface area is 138 Å². The number of carbonyl (C=O) groups is 3. The van der Waals surface area contributed by atoms with Crippen molar-refractivity contribution in [3.63, 3.8) is 0 Å². The van der Waals surface area contributed by atoms with Crippen LogP contribution in [-0.4, -0.2) is 35.0 Å². The summed E-state index contributed by atoms with van der Waals surface area (Å²) in [5.41, 5.74) is 0.479. The zero-order valence-corrected chi connectivity index (χ0v) is 13.1. The molecule has 8 heteroatoms. The van der Waals surface area contributed by atoms with Gasteiger partial charge in [0.25, 0.3) is 0 Å². The predicted molar refractivity (Wildman–Crippen MR) is 82.1 cm³/mol. The van der Waals surface area contributed by atoms with E-state index in [-0.39, 0.29) is 19.3 Å². The number of benzene rings is 1. The molecule has 3 N–H and O–H groups in total. The molecule has 0 spiro atoms. The summed E-state index contributed by atoms with van der Waals surface area (Å²) in [7, 11) is 0. The molecule has 0 aliphatic heterocycles. The third kappa shape index (κ3) is 6.44. The standard InChI is InChI=1S/C16H18FN3O4/c1-10(21)19-14(9-11-4-2-5-12(17)8-11)15(22)20-13(16(23)24)6-3-7-18/h2,4-5,8,13-14H,3,6,9H2,1H3,(H,19,21)(H,20,22)(H,23,24)/t13-,14+/m1/s1. The number of nitriles is 1. The van der Waals surface area contributed by atoms with E-state index in [1.807, 2.05) is 6.07 Å². The van der Waals surface area contributed by atoms with E-state index in [9.17, 15) is 18.8 Å². The lowest BCUT2D eigenvalue weighted by molar-refractivity contribution is -0.142. The van der Waals surface area contributed by atoms with Gasteiger partial charge >= 0.3 is 5.97 Å². The maximum atomic E-state index is 13.2. The van der Waals surface area contributed by atoms with Gasteiger partial charge in [0, 0.05) is 19.8 Å². The Morgan fingerprint density at radius 1 is 1.29 bits per heavy atom. The van der Waals surface area contributed by atoms with Crippen LogP contribution in [0, 0.1) is 17.1 Å². The highest BCUT2D eigenvalue weighted by Crippen LogP contribution is 2.08. The van der Waals surface area contributed by atoms with Crippen molar-refractivity contribution >= 4 is 17.8 Å². The second kappa shape index (κ2) is 9.25. The number of nitrogens with zero attached hydrogens (tertiary/aromatic N) is 1. The molecule has 1 aromatic carbocycles. The Kier molecular flexibility index (Phi) is 7.36. The maximum Gasteiger partial charge on any atom is 0.326 e. The van der Waals surface area contributed by atoms with Gasteiger partial charge in [-0.1, -0.05) is 12.1 Å². The number of rotatable bonds is 8. The topological polar surface area (TPSA) is 119 Å². The number of nitrogens with one attached hydrogen (secondary N) is 2. The van der Waals surface area contributed by atoms with E-state index in [4.69, 9.17) is 10.4 Å². The Bertz CT molecular complexity index is 657. The Morgan fingerprint density at radius 2 is 2.00 bits per heavy atom. The molecule has 0 radical (unpaired) electrons. The van der Waals surface area contributed by atoms with E-state index >= 15 is 0 Å². The molecule has 0 unspecified atom stereocenters. The summed E-state index contributed by atoms with van der Waals surface area (Å²) in [6.45, 7) is 1.22. The van der Waals surface area contributed by atoms with Crippen molar-refractivity contribution in [2.24, 2.45) is 0 Å². The molecule has 0 saturated heterocycles. The van der Waals surface area contributed by atoms with E-state index in [1.54, 1.807) is 6.07 Å². The third-order valence-electron chi connectivity index (χ3n) is 3.18. The van der Waals surface area contributed by atoms with Gasteiger partial charge in [0.2, 0.25) is 11.8 Å². The van der Waals surface area contributed by atoms with Gasteiger partial charge < -0.3 is 15.7 Å². The highest BCUT2D eigenvalue weighted by molar-refractivity contribution is 5.90. The lowest BCUT2D eigenvalue weighted by Crippen LogP contribution is -2.52. The molecular formula is C16H18FN3O4. The molecule has 0 aliphatic rings. The van der Waals surface area contributed by atoms with Crippen LogP contribution in [0.15, 0.2) is 24.3 Å². The molecule has 2 amide bonds. The van der Waals surface area contributed by atoms with Gasteiger partial charge in [-0.05, 0) is 24.1 Å². The fourth-order valence-corrected chi connectivity index (χ4v) is 2.09. The predicted octanol–water partition coefficient (Wildman–Crippen LogP) is 0.746. The van der Waals surface area contributed by atoms with Gasteiger partial charge in [0.15, 0.2) is 0 Å². The molecular weight excluding hydrogens is 317 g/mol. The smallest absolute Gasteiger partial charge is 0.326 e. The van der Waals surface area contributed by atoms with Crippen molar-refractivity contribution in [3.05, 3.63) is 35.6 Å². The lowest BCUT2D eigenvalue weighted by Gasteiger charge is -2.20. The highest BCUT2D eigenvalue weighted by atomic mass is 19.1. The van der Waals surface area contributed by atoms with E-state index < -0.39 is 35.7 Å². The molecule has 1 rings (SSSR count). The van der Waals surface area contributed by atoms with Crippen LogP contribution in [-0.2, 0) is 20.8 Å². The average Bonchev–Trinajstić information content (AvgIpc) is 2.49. The molecule has 0 fully saturated rings. The molecule has 0 aliphatic carbocycles. The van der Waals surface area contributed by atoms with E-state index in [1.165, 1.54) is 25.1 Å². The summed E-state index contributed by atoms with van der Waals surface area (Å²) in [5, 5.41) is 22.3. The van der Waals surface area contributed by atoms with Crippen LogP contribution in [0.1, 0.15) is 25.3 Å². The molecule has 0 aromatic heterocycles. The normalized spacial score (nSPS) is 12.5. The first-order chi connectivity index (χ1) is 11.3. The first kappa shape index (κ1) is 19.1. The van der Waals surface area contributed by atoms with Crippen LogP contribution in [0.3, 0.4) is 0 Å². The number of halogens is 1. The molecule has 2 atom stereocenters. The molecule has 0 heterocycles. The number of carbonyl (C=O) groups excluding carboxylic acids is 2. The first-order valence-corrected chi connectivity index (χ1v) is 7.25. The number of carboxylic acid groups (broad SMARTS) is 1. The van der Waals surface area contributed by atoms with Gasteiger partial charge in [-0.3, -0.25) is 9.59 Å². The van der Waals surface area contributed by atoms with Crippen LogP contribution in [0.4, 0.5) is 4.39 Å². The van der Waals surface area contributed by atoms with Crippen LogP contribution in [0.25, 0.3) is 0 Å². The Morgan fingerprint density at radius 3 is 2.54 bits per heavy atom. The Hall–Kier alpha value is -2.95. The largest absolute Gasteiger partial charge is 0.480 e. The van der Waals surface area contributed by atoms with Crippen molar-refractivity contribution in [2.75, 3.05) is 0 Å². The van der Waals surface area contributed by atoms with E-state index in [0.717, 1.165) is 0 Å². The summed E-state index contributed by atoms with van der Waals surface area (Å²) in [6, 6.07) is 5.07. The number of amides is 2. The van der Waals surface area contributed by atoms with Gasteiger partial charge in [0.1, 0.15) is 17.9 Å². The van der Waals surface area contributed by atoms with Crippen LogP contribution < -0.4 is 10.6 Å². The van der Waals surface area contributed by atoms with Gasteiger partial charge in [-0.25, -0.2) is 9.18 Å². The highest BCUT2D eigenvalue weighted by Gasteiger charge is 2.26. The SMILES string of the molecule is CC(=O)N[C@@H](Cc1cccc(F)c1)C(=O)N[C@H](CCC#N)C(=O)O. The fraction of sp³-hybridized carbons (Fsp3) is 0.375. The van der Waals surface area contributed by atoms with Crippen molar-refractivity contribution < 1.29 is 23.9 Å². The summed E-state index contributed by atoms with van der Waals surface area (Å²) in [6.07, 6.45) is -0.0793. The summed E-state index contributed by atoms with van der Waals surface area (Å²) in [4.78, 5) is 34.7. The number of hydrogen-bond donors (Lipinski definition) is 3. The Balaban J connectivity index is 2.85. The van der Waals surface area contributed by atoms with Crippen LogP contribution in [0.2, 0.25) is 0 Å². The van der Waals surface area contributed by atoms with Crippen LogP contribution in [0.5, 0.6) is 0 Å². The fourth-order valence-electron chi connectivity index (χ4n) is 2.09.